The van der Waals surface area contributed by atoms with Crippen LogP contribution in [0.25, 0.3) is 0 Å². The maximum atomic E-state index is 14.1. The standard InChI is InChI=1S/C35H47N3O5/c1-41-16-8-18-43-32-20-25(19-31-30(32)11-7-17-42-31)24-38(29-12-13-29)34(40)27-21-26(22-36-23-27)33(39)37-35(14-5-6-15-35)28-9-3-2-4-10-28/h2-4,9-10,19-20,26-27,29,36H,5-8,11-18,21-24H2,1H3,(H,37,39)/t26-,27+/m0/s1. The first-order chi connectivity index (χ1) is 21.1. The zero-order chi connectivity index (χ0) is 29.6. The third-order valence-corrected chi connectivity index (χ3v) is 9.65. The summed E-state index contributed by atoms with van der Waals surface area (Å²) in [7, 11) is 1.70. The highest BCUT2D eigenvalue weighted by Crippen LogP contribution is 2.40. The zero-order valence-corrected chi connectivity index (χ0v) is 25.6. The number of rotatable bonds is 12. The topological polar surface area (TPSA) is 89.1 Å². The molecular weight excluding hydrogens is 542 g/mol. The first kappa shape index (κ1) is 29.9. The zero-order valence-electron chi connectivity index (χ0n) is 25.6. The molecule has 8 heteroatoms. The van der Waals surface area contributed by atoms with E-state index in [-0.39, 0.29) is 35.2 Å². The van der Waals surface area contributed by atoms with Crippen LogP contribution in [0.2, 0.25) is 0 Å². The molecule has 3 fully saturated rings. The summed E-state index contributed by atoms with van der Waals surface area (Å²) in [4.78, 5) is 29.8. The minimum absolute atomic E-state index is 0.0656. The molecule has 1 saturated heterocycles. The van der Waals surface area contributed by atoms with Crippen molar-refractivity contribution in [2.45, 2.75) is 82.3 Å². The van der Waals surface area contributed by atoms with Crippen LogP contribution in [0.5, 0.6) is 11.5 Å². The van der Waals surface area contributed by atoms with Crippen LogP contribution in [0.3, 0.4) is 0 Å². The van der Waals surface area contributed by atoms with Crippen molar-refractivity contribution in [3.8, 4) is 11.5 Å². The number of nitrogens with one attached hydrogen (secondary N) is 2. The lowest BCUT2D eigenvalue weighted by Crippen LogP contribution is -2.53. The fourth-order valence-electron chi connectivity index (χ4n) is 7.18. The SMILES string of the molecule is COCCCOc1cc(CN(C(=O)[C@H]2CNC[C@@H](C(=O)NC3(c4ccccc4)CCCC3)C2)C2CC2)cc2c1CCCO2. The summed E-state index contributed by atoms with van der Waals surface area (Å²) >= 11 is 0. The number of carbonyl (C=O) groups is 2. The van der Waals surface area contributed by atoms with E-state index in [9.17, 15) is 9.59 Å². The Morgan fingerprint density at radius 2 is 1.84 bits per heavy atom. The molecule has 2 saturated carbocycles. The van der Waals surface area contributed by atoms with E-state index in [2.05, 4.69) is 47.0 Å². The van der Waals surface area contributed by atoms with E-state index in [4.69, 9.17) is 14.2 Å². The lowest BCUT2D eigenvalue weighted by Gasteiger charge is -2.36. The van der Waals surface area contributed by atoms with Crippen LogP contribution in [0.1, 0.15) is 74.5 Å². The monoisotopic (exact) mass is 589 g/mol. The number of methoxy groups -OCH3 is 1. The molecule has 232 valence electrons. The fourth-order valence-corrected chi connectivity index (χ4v) is 7.18. The highest BCUT2D eigenvalue weighted by Gasteiger charge is 2.42. The second-order valence-electron chi connectivity index (χ2n) is 12.8. The van der Waals surface area contributed by atoms with E-state index in [1.54, 1.807) is 7.11 Å². The van der Waals surface area contributed by atoms with Gasteiger partial charge >= 0.3 is 0 Å². The highest BCUT2D eigenvalue weighted by atomic mass is 16.5. The molecule has 0 bridgehead atoms. The third-order valence-electron chi connectivity index (χ3n) is 9.65. The lowest BCUT2D eigenvalue weighted by molar-refractivity contribution is -0.139. The van der Waals surface area contributed by atoms with Gasteiger partial charge in [0.2, 0.25) is 11.8 Å². The van der Waals surface area contributed by atoms with Crippen molar-refractivity contribution in [2.75, 3.05) is 40.0 Å². The van der Waals surface area contributed by atoms with Crippen molar-refractivity contribution in [2.24, 2.45) is 11.8 Å². The Hall–Kier alpha value is -3.10. The molecule has 2 aromatic carbocycles. The molecular formula is C35H47N3O5. The molecule has 2 heterocycles. The molecule has 6 rings (SSSR count). The highest BCUT2D eigenvalue weighted by molar-refractivity contribution is 5.84. The van der Waals surface area contributed by atoms with Gasteiger partial charge in [0.05, 0.1) is 30.6 Å². The van der Waals surface area contributed by atoms with Gasteiger partial charge in [0, 0.05) is 51.4 Å². The molecule has 2 aromatic rings. The summed E-state index contributed by atoms with van der Waals surface area (Å²) < 4.78 is 17.4. The number of fused-ring (bicyclic) bond motifs is 1. The number of amides is 2. The van der Waals surface area contributed by atoms with Gasteiger partial charge < -0.3 is 29.7 Å². The van der Waals surface area contributed by atoms with Crippen molar-refractivity contribution in [3.63, 3.8) is 0 Å². The van der Waals surface area contributed by atoms with Crippen LogP contribution in [0.4, 0.5) is 0 Å². The van der Waals surface area contributed by atoms with Crippen LogP contribution >= 0.6 is 0 Å². The molecule has 43 heavy (non-hydrogen) atoms. The maximum absolute atomic E-state index is 14.1. The normalized spacial score (nSPS) is 22.7. The van der Waals surface area contributed by atoms with Crippen molar-refractivity contribution in [1.29, 1.82) is 0 Å². The van der Waals surface area contributed by atoms with E-state index in [0.29, 0.717) is 45.9 Å². The first-order valence-corrected chi connectivity index (χ1v) is 16.4. The minimum Gasteiger partial charge on any atom is -0.493 e. The van der Waals surface area contributed by atoms with Gasteiger partial charge in [-0.2, -0.15) is 0 Å². The van der Waals surface area contributed by atoms with Crippen LogP contribution < -0.4 is 20.1 Å². The number of hydrogen-bond acceptors (Lipinski definition) is 6. The molecule has 2 atom stereocenters. The van der Waals surface area contributed by atoms with Gasteiger partial charge in [0.1, 0.15) is 11.5 Å². The lowest BCUT2D eigenvalue weighted by atomic mass is 9.85. The number of piperidine rings is 1. The first-order valence-electron chi connectivity index (χ1n) is 16.4. The predicted octanol–water partition coefficient (Wildman–Crippen LogP) is 4.73. The Bertz CT molecular complexity index is 1260. The minimum atomic E-state index is -0.298. The van der Waals surface area contributed by atoms with E-state index in [1.807, 2.05) is 11.0 Å². The number of hydrogen-bond donors (Lipinski definition) is 2. The molecule has 0 aromatic heterocycles. The van der Waals surface area contributed by atoms with Crippen LogP contribution in [0, 0.1) is 11.8 Å². The van der Waals surface area contributed by atoms with Gasteiger partial charge in [-0.15, -0.1) is 0 Å². The summed E-state index contributed by atoms with van der Waals surface area (Å²) in [6.07, 6.45) is 9.51. The maximum Gasteiger partial charge on any atom is 0.227 e. The Labute approximate surface area is 255 Å². The van der Waals surface area contributed by atoms with Crippen molar-refractivity contribution in [1.82, 2.24) is 15.5 Å². The quantitative estimate of drug-likeness (QED) is 0.348. The van der Waals surface area contributed by atoms with Crippen LogP contribution in [0.15, 0.2) is 42.5 Å². The van der Waals surface area contributed by atoms with Crippen molar-refractivity contribution >= 4 is 11.8 Å². The van der Waals surface area contributed by atoms with Crippen LogP contribution in [-0.4, -0.2) is 62.8 Å². The molecule has 2 aliphatic carbocycles. The Kier molecular flexibility index (Phi) is 9.53. The molecule has 4 aliphatic rings. The fraction of sp³-hybridized carbons (Fsp3) is 0.600. The van der Waals surface area contributed by atoms with Gasteiger partial charge in [-0.3, -0.25) is 9.59 Å². The summed E-state index contributed by atoms with van der Waals surface area (Å²) in [5.74, 6) is 1.50. The van der Waals surface area contributed by atoms with E-state index < -0.39 is 0 Å². The molecule has 8 nitrogen and oxygen atoms in total. The molecule has 2 N–H and O–H groups in total. The Balaban J connectivity index is 1.14. The van der Waals surface area contributed by atoms with Gasteiger partial charge in [-0.25, -0.2) is 0 Å². The number of benzene rings is 2. The number of carbonyl (C=O) groups excluding carboxylic acids is 2. The summed E-state index contributed by atoms with van der Waals surface area (Å²) in [6, 6.07) is 14.8. The van der Waals surface area contributed by atoms with Crippen molar-refractivity contribution < 1.29 is 23.8 Å². The van der Waals surface area contributed by atoms with Gasteiger partial charge in [-0.05, 0) is 68.2 Å². The van der Waals surface area contributed by atoms with Crippen molar-refractivity contribution in [3.05, 3.63) is 59.2 Å². The molecule has 0 spiro atoms. The number of ether oxygens (including phenoxy) is 3. The molecule has 0 unspecified atom stereocenters. The largest absolute Gasteiger partial charge is 0.493 e. The second kappa shape index (κ2) is 13.7. The number of nitrogens with zero attached hydrogens (tertiary/aromatic N) is 1. The van der Waals surface area contributed by atoms with Gasteiger partial charge in [0.25, 0.3) is 0 Å². The molecule has 0 radical (unpaired) electrons. The third kappa shape index (κ3) is 7.01. The predicted molar refractivity (Wildman–Crippen MR) is 165 cm³/mol. The summed E-state index contributed by atoms with van der Waals surface area (Å²) in [5.41, 5.74) is 3.05. The average Bonchev–Trinajstić information content (AvgIpc) is 3.79. The second-order valence-corrected chi connectivity index (χ2v) is 12.8. The van der Waals surface area contributed by atoms with Crippen LogP contribution in [-0.2, 0) is 32.8 Å². The Morgan fingerprint density at radius 3 is 2.60 bits per heavy atom. The summed E-state index contributed by atoms with van der Waals surface area (Å²) in [5, 5.41) is 6.89. The van der Waals surface area contributed by atoms with Gasteiger partial charge in [0.15, 0.2) is 0 Å². The molecule has 2 amide bonds. The average molecular weight is 590 g/mol. The molecule has 2 aliphatic heterocycles. The summed E-state index contributed by atoms with van der Waals surface area (Å²) in [6.45, 7) is 3.68. The van der Waals surface area contributed by atoms with E-state index in [1.165, 1.54) is 5.56 Å². The van der Waals surface area contributed by atoms with E-state index >= 15 is 0 Å². The van der Waals surface area contributed by atoms with E-state index in [0.717, 1.165) is 80.4 Å². The smallest absolute Gasteiger partial charge is 0.227 e. The van der Waals surface area contributed by atoms with Gasteiger partial charge in [-0.1, -0.05) is 43.2 Å². The Morgan fingerprint density at radius 1 is 1.05 bits per heavy atom.